The molecule has 108 valence electrons. The van der Waals surface area contributed by atoms with Gasteiger partial charge in [0.25, 0.3) is 5.91 Å². The van der Waals surface area contributed by atoms with Gasteiger partial charge < -0.3 is 15.0 Å². The zero-order valence-electron chi connectivity index (χ0n) is 11.5. The number of aliphatic hydroxyl groups is 1. The minimum atomic E-state index is -0.298. The zero-order valence-corrected chi connectivity index (χ0v) is 11.5. The summed E-state index contributed by atoms with van der Waals surface area (Å²) in [6, 6.07) is 4.63. The van der Waals surface area contributed by atoms with Crippen LogP contribution in [0.25, 0.3) is 0 Å². The molecule has 5 nitrogen and oxygen atoms in total. The quantitative estimate of drug-likeness (QED) is 0.808. The van der Waals surface area contributed by atoms with Gasteiger partial charge in [-0.1, -0.05) is 12.5 Å². The van der Waals surface area contributed by atoms with Gasteiger partial charge in [0.15, 0.2) is 0 Å². The molecule has 0 aromatic carbocycles. The summed E-state index contributed by atoms with van der Waals surface area (Å²) in [5.74, 6) is -0.138. The number of likely N-dealkylation sites (tertiary alicyclic amines) is 1. The van der Waals surface area contributed by atoms with Crippen LogP contribution in [-0.4, -0.2) is 40.1 Å². The Morgan fingerprint density at radius 3 is 2.85 bits per heavy atom. The first-order valence-electron chi connectivity index (χ1n) is 7.27. The second kappa shape index (κ2) is 5.05. The molecule has 2 heterocycles. The summed E-state index contributed by atoms with van der Waals surface area (Å²) < 4.78 is 0. The molecule has 20 heavy (non-hydrogen) atoms. The number of carbonyl (C=O) groups excluding carboxylic acids is 1. The highest BCUT2D eigenvalue weighted by molar-refractivity contribution is 5.92. The van der Waals surface area contributed by atoms with Gasteiger partial charge in [0.1, 0.15) is 5.69 Å². The first-order chi connectivity index (χ1) is 9.61. The number of nitrogens with zero attached hydrogens (tertiary/aromatic N) is 1. The van der Waals surface area contributed by atoms with Gasteiger partial charge in [-0.3, -0.25) is 9.59 Å². The lowest BCUT2D eigenvalue weighted by molar-refractivity contribution is -0.00556. The van der Waals surface area contributed by atoms with E-state index in [0.717, 1.165) is 32.1 Å². The molecule has 2 N–H and O–H groups in total. The Hall–Kier alpha value is -1.62. The molecular formula is C15H20N2O3. The van der Waals surface area contributed by atoms with Crippen LogP contribution >= 0.6 is 0 Å². The number of amides is 1. The molecule has 1 amide bonds. The van der Waals surface area contributed by atoms with Gasteiger partial charge in [0.05, 0.1) is 6.10 Å². The van der Waals surface area contributed by atoms with E-state index in [2.05, 4.69) is 4.98 Å². The molecular weight excluding hydrogens is 256 g/mol. The maximum absolute atomic E-state index is 12.5. The third-order valence-corrected chi connectivity index (χ3v) is 4.75. The van der Waals surface area contributed by atoms with E-state index in [-0.39, 0.29) is 23.0 Å². The standard InChI is InChI=1S/C15H20N2O3/c18-12-5-2-7-15(12)8-3-9-17(10-15)14(20)11-4-1-6-13(19)16-11/h1,4,6,12,18H,2-3,5,7-10H2,(H,16,19)/t12-,15-/m1/s1. The Balaban J connectivity index is 1.80. The fraction of sp³-hybridized carbons (Fsp3) is 0.600. The predicted molar refractivity (Wildman–Crippen MR) is 74.5 cm³/mol. The Kier molecular flexibility index (Phi) is 3.38. The van der Waals surface area contributed by atoms with E-state index >= 15 is 0 Å². The van der Waals surface area contributed by atoms with Crippen molar-refractivity contribution < 1.29 is 9.90 Å². The Morgan fingerprint density at radius 2 is 2.15 bits per heavy atom. The molecule has 0 bridgehead atoms. The molecule has 2 aliphatic rings. The summed E-state index contributed by atoms with van der Waals surface area (Å²) in [6.07, 6.45) is 4.47. The van der Waals surface area contributed by atoms with Crippen LogP contribution in [0.1, 0.15) is 42.6 Å². The lowest BCUT2D eigenvalue weighted by Crippen LogP contribution is -2.49. The molecule has 1 aliphatic carbocycles. The number of piperidine rings is 1. The number of rotatable bonds is 1. The highest BCUT2D eigenvalue weighted by Gasteiger charge is 2.45. The summed E-state index contributed by atoms with van der Waals surface area (Å²) in [5, 5.41) is 10.2. The van der Waals surface area contributed by atoms with Crippen molar-refractivity contribution >= 4 is 5.91 Å². The van der Waals surface area contributed by atoms with Crippen LogP contribution < -0.4 is 5.56 Å². The van der Waals surface area contributed by atoms with Gasteiger partial charge >= 0.3 is 0 Å². The maximum Gasteiger partial charge on any atom is 0.270 e. The number of aromatic amines is 1. The first kappa shape index (κ1) is 13.4. The number of H-pyrrole nitrogens is 1. The second-order valence-corrected chi connectivity index (χ2v) is 6.03. The van der Waals surface area contributed by atoms with Crippen LogP contribution in [0.2, 0.25) is 0 Å². The van der Waals surface area contributed by atoms with Crippen molar-refractivity contribution in [1.29, 1.82) is 0 Å². The lowest BCUT2D eigenvalue weighted by Gasteiger charge is -2.42. The van der Waals surface area contributed by atoms with Gasteiger partial charge in [-0.15, -0.1) is 0 Å². The van der Waals surface area contributed by atoms with Crippen LogP contribution in [0.5, 0.6) is 0 Å². The minimum Gasteiger partial charge on any atom is -0.392 e. The number of aromatic nitrogens is 1. The molecule has 1 spiro atoms. The van der Waals surface area contributed by atoms with Crippen LogP contribution in [0.3, 0.4) is 0 Å². The van der Waals surface area contributed by atoms with E-state index in [1.165, 1.54) is 6.07 Å². The number of hydrogen-bond donors (Lipinski definition) is 2. The lowest BCUT2D eigenvalue weighted by atomic mass is 9.76. The van der Waals surface area contributed by atoms with Gasteiger partial charge in [-0.05, 0) is 31.7 Å². The third-order valence-electron chi connectivity index (χ3n) is 4.75. The Morgan fingerprint density at radius 1 is 1.35 bits per heavy atom. The van der Waals surface area contributed by atoms with Crippen molar-refractivity contribution in [2.75, 3.05) is 13.1 Å². The van der Waals surface area contributed by atoms with Crippen molar-refractivity contribution in [3.05, 3.63) is 34.2 Å². The number of hydrogen-bond acceptors (Lipinski definition) is 3. The van der Waals surface area contributed by atoms with Crippen molar-refractivity contribution in [3.63, 3.8) is 0 Å². The maximum atomic E-state index is 12.5. The molecule has 1 saturated heterocycles. The molecule has 1 saturated carbocycles. The molecule has 3 rings (SSSR count). The molecule has 5 heteroatoms. The van der Waals surface area contributed by atoms with E-state index in [1.807, 2.05) is 0 Å². The van der Waals surface area contributed by atoms with Gasteiger partial charge in [0.2, 0.25) is 5.56 Å². The van der Waals surface area contributed by atoms with Crippen LogP contribution in [0, 0.1) is 5.41 Å². The Labute approximate surface area is 117 Å². The van der Waals surface area contributed by atoms with E-state index in [0.29, 0.717) is 18.8 Å². The second-order valence-electron chi connectivity index (χ2n) is 6.03. The monoisotopic (exact) mass is 276 g/mol. The van der Waals surface area contributed by atoms with E-state index < -0.39 is 0 Å². The molecule has 1 aromatic rings. The number of pyridine rings is 1. The minimum absolute atomic E-state index is 0.122. The highest BCUT2D eigenvalue weighted by atomic mass is 16.3. The first-order valence-corrected chi connectivity index (χ1v) is 7.27. The summed E-state index contributed by atoms with van der Waals surface area (Å²) in [6.45, 7) is 1.30. The molecule has 0 unspecified atom stereocenters. The number of aliphatic hydroxyl groups excluding tert-OH is 1. The van der Waals surface area contributed by atoms with Crippen LogP contribution in [0.4, 0.5) is 0 Å². The zero-order chi connectivity index (χ0) is 14.2. The largest absolute Gasteiger partial charge is 0.392 e. The van der Waals surface area contributed by atoms with E-state index in [9.17, 15) is 14.7 Å². The topological polar surface area (TPSA) is 73.4 Å². The molecule has 0 radical (unpaired) electrons. The van der Waals surface area contributed by atoms with Crippen LogP contribution in [-0.2, 0) is 0 Å². The van der Waals surface area contributed by atoms with Crippen molar-refractivity contribution in [2.45, 2.75) is 38.2 Å². The van der Waals surface area contributed by atoms with E-state index in [1.54, 1.807) is 17.0 Å². The van der Waals surface area contributed by atoms with Gasteiger partial charge in [-0.25, -0.2) is 0 Å². The van der Waals surface area contributed by atoms with Gasteiger partial charge in [0, 0.05) is 24.6 Å². The summed E-state index contributed by atoms with van der Waals surface area (Å²) in [5.41, 5.74) is -0.0475. The van der Waals surface area contributed by atoms with Crippen LogP contribution in [0.15, 0.2) is 23.0 Å². The molecule has 1 aliphatic heterocycles. The summed E-state index contributed by atoms with van der Waals surface area (Å²) in [7, 11) is 0. The average Bonchev–Trinajstić information content (AvgIpc) is 2.79. The summed E-state index contributed by atoms with van der Waals surface area (Å²) in [4.78, 5) is 28.2. The third kappa shape index (κ3) is 2.26. The normalized spacial score (nSPS) is 29.9. The predicted octanol–water partition coefficient (Wildman–Crippen LogP) is 1.14. The Bertz CT molecular complexity index is 568. The molecule has 2 fully saturated rings. The van der Waals surface area contributed by atoms with Crippen molar-refractivity contribution in [2.24, 2.45) is 5.41 Å². The van der Waals surface area contributed by atoms with E-state index in [4.69, 9.17) is 0 Å². The summed E-state index contributed by atoms with van der Waals surface area (Å²) >= 11 is 0. The van der Waals surface area contributed by atoms with Crippen molar-refractivity contribution in [3.8, 4) is 0 Å². The smallest absolute Gasteiger partial charge is 0.270 e. The highest BCUT2D eigenvalue weighted by Crippen LogP contribution is 2.45. The van der Waals surface area contributed by atoms with Crippen molar-refractivity contribution in [1.82, 2.24) is 9.88 Å². The number of carbonyl (C=O) groups is 1. The fourth-order valence-corrected chi connectivity index (χ4v) is 3.67. The molecule has 2 atom stereocenters. The van der Waals surface area contributed by atoms with Gasteiger partial charge in [-0.2, -0.15) is 0 Å². The fourth-order valence-electron chi connectivity index (χ4n) is 3.67. The number of nitrogens with one attached hydrogen (secondary N) is 1. The average molecular weight is 276 g/mol. The SMILES string of the molecule is O=C(c1cccc(=O)[nH]1)N1CCC[C@]2(CCC[C@H]2O)C1. The molecule has 1 aromatic heterocycles.